The van der Waals surface area contributed by atoms with Crippen LogP contribution in [0.4, 0.5) is 0 Å². The topological polar surface area (TPSA) is 145 Å². The maximum absolute atomic E-state index is 12.4. The first-order valence-electron chi connectivity index (χ1n) is 10.7. The molecule has 0 radical (unpaired) electrons. The Morgan fingerprint density at radius 2 is 1.91 bits per heavy atom. The van der Waals surface area contributed by atoms with Gasteiger partial charge in [-0.3, -0.25) is 9.20 Å². The quantitative estimate of drug-likeness (QED) is 0.371. The van der Waals surface area contributed by atoms with E-state index in [1.165, 1.54) is 39.8 Å². The normalized spacial score (nSPS) is 11.5. The molecule has 5 heterocycles. The Kier molecular flexibility index (Phi) is 4.76. The molecule has 0 saturated heterocycles. The minimum absolute atomic E-state index is 0.0227. The Labute approximate surface area is 196 Å². The molecular weight excluding hydrogens is 452 g/mol. The minimum Gasteiger partial charge on any atom is -0.506 e. The molecule has 174 valence electrons. The van der Waals surface area contributed by atoms with E-state index in [1.807, 2.05) is 24.3 Å². The van der Waals surface area contributed by atoms with E-state index >= 15 is 0 Å². The molecule has 0 aliphatic heterocycles. The number of ether oxygens (including phenoxy) is 1. The fourth-order valence-electron chi connectivity index (χ4n) is 3.83. The zero-order chi connectivity index (χ0) is 23.9. The van der Waals surface area contributed by atoms with E-state index in [4.69, 9.17) is 4.74 Å². The number of fused-ring (bicyclic) bond motifs is 4. The Morgan fingerprint density at radius 1 is 1.03 bits per heavy atom. The summed E-state index contributed by atoms with van der Waals surface area (Å²) >= 11 is 0. The van der Waals surface area contributed by atoms with Crippen LogP contribution in [0.15, 0.2) is 66.0 Å². The van der Waals surface area contributed by atoms with Crippen LogP contribution in [0.2, 0.25) is 0 Å². The number of pyridine rings is 1. The summed E-state index contributed by atoms with van der Waals surface area (Å²) < 4.78 is 10.3. The number of aromatic nitrogens is 8. The lowest BCUT2D eigenvalue weighted by molar-refractivity contribution is 0.269. The number of para-hydroxylation sites is 1. The summed E-state index contributed by atoms with van der Waals surface area (Å²) in [6.07, 6.45) is 4.67. The summed E-state index contributed by atoms with van der Waals surface area (Å²) in [5.74, 6) is 0.584. The second kappa shape index (κ2) is 8.09. The highest BCUT2D eigenvalue weighted by atomic mass is 16.5. The van der Waals surface area contributed by atoms with Crippen LogP contribution < -0.4 is 10.3 Å². The van der Waals surface area contributed by atoms with Gasteiger partial charge in [-0.15, -0.1) is 5.10 Å². The monoisotopic (exact) mass is 470 g/mol. The highest BCUT2D eigenvalue weighted by molar-refractivity contribution is 5.91. The van der Waals surface area contributed by atoms with Gasteiger partial charge in [0.25, 0.3) is 5.56 Å². The van der Waals surface area contributed by atoms with Gasteiger partial charge < -0.3 is 19.5 Å². The van der Waals surface area contributed by atoms with Crippen molar-refractivity contribution in [3.05, 3.63) is 83.1 Å². The molecule has 35 heavy (non-hydrogen) atoms. The van der Waals surface area contributed by atoms with Gasteiger partial charge in [0.15, 0.2) is 11.5 Å². The van der Waals surface area contributed by atoms with Gasteiger partial charge in [-0.2, -0.15) is 9.50 Å². The summed E-state index contributed by atoms with van der Waals surface area (Å²) in [5.41, 5.74) is 1.71. The van der Waals surface area contributed by atoms with E-state index in [0.29, 0.717) is 41.3 Å². The first-order valence-corrected chi connectivity index (χ1v) is 10.7. The molecule has 6 rings (SSSR count). The second-order valence-electron chi connectivity index (χ2n) is 7.86. The largest absolute Gasteiger partial charge is 0.506 e. The van der Waals surface area contributed by atoms with Crippen LogP contribution >= 0.6 is 0 Å². The van der Waals surface area contributed by atoms with Crippen LogP contribution in [0.1, 0.15) is 11.5 Å². The molecule has 6 aromatic rings. The highest BCUT2D eigenvalue weighted by Gasteiger charge is 2.15. The second-order valence-corrected chi connectivity index (χ2v) is 7.86. The number of rotatable bonds is 6. The number of imidazole rings is 1. The average molecular weight is 470 g/mol. The molecule has 5 aromatic heterocycles. The van der Waals surface area contributed by atoms with E-state index in [0.717, 1.165) is 5.39 Å². The van der Waals surface area contributed by atoms with Crippen LogP contribution in [0.5, 0.6) is 17.6 Å². The van der Waals surface area contributed by atoms with Gasteiger partial charge in [-0.05, 0) is 24.3 Å². The Hall–Kier alpha value is -5.00. The number of hydrogen-bond donors (Lipinski definition) is 2. The summed E-state index contributed by atoms with van der Waals surface area (Å²) in [6, 6.07) is 12.1. The van der Waals surface area contributed by atoms with Gasteiger partial charge in [-0.1, -0.05) is 12.1 Å². The van der Waals surface area contributed by atoms with Crippen molar-refractivity contribution in [2.75, 3.05) is 0 Å². The Balaban J connectivity index is 1.35. The van der Waals surface area contributed by atoms with E-state index in [9.17, 15) is 15.0 Å². The van der Waals surface area contributed by atoms with E-state index in [2.05, 4.69) is 25.0 Å². The van der Waals surface area contributed by atoms with Crippen LogP contribution in [0.3, 0.4) is 0 Å². The third-order valence-corrected chi connectivity index (χ3v) is 5.51. The third kappa shape index (κ3) is 3.76. The molecule has 0 amide bonds. The molecule has 1 aromatic carbocycles. The van der Waals surface area contributed by atoms with Crippen molar-refractivity contribution < 1.29 is 14.9 Å². The van der Waals surface area contributed by atoms with Crippen molar-refractivity contribution in [3.63, 3.8) is 0 Å². The number of aryl methyl sites for hydroxylation is 2. The SMILES string of the molecule is O=c1cc(COc2nc3ccccc3c3nc(CCn4cncc4O)nn23)nc2ccc(O)cn12. The standard InChI is InChI=1S/C23H18N8O4/c32-15-5-6-19-25-14(9-20(33)30(19)11-15)12-35-23-26-17-4-2-1-3-16(17)22-27-18(28-31(22)23)7-8-29-13-24-10-21(29)34/h1-6,9-11,13,32,34H,7-8,12H2. The summed E-state index contributed by atoms with van der Waals surface area (Å²) in [6.45, 7) is 0.427. The number of benzene rings is 1. The number of aromatic hydroxyl groups is 2. The summed E-state index contributed by atoms with van der Waals surface area (Å²) in [5, 5.41) is 24.8. The van der Waals surface area contributed by atoms with E-state index < -0.39 is 0 Å². The molecule has 2 N–H and O–H groups in total. The fraction of sp³-hybridized carbons (Fsp3) is 0.130. The van der Waals surface area contributed by atoms with Gasteiger partial charge in [0.1, 0.15) is 18.0 Å². The summed E-state index contributed by atoms with van der Waals surface area (Å²) in [7, 11) is 0. The molecule has 0 saturated carbocycles. The molecule has 0 unspecified atom stereocenters. The number of hydrogen-bond acceptors (Lipinski definition) is 9. The van der Waals surface area contributed by atoms with E-state index in [-0.39, 0.29) is 29.8 Å². The first-order chi connectivity index (χ1) is 17.0. The van der Waals surface area contributed by atoms with Crippen LogP contribution in [0.25, 0.3) is 22.2 Å². The van der Waals surface area contributed by atoms with E-state index in [1.54, 1.807) is 10.6 Å². The summed E-state index contributed by atoms with van der Waals surface area (Å²) in [4.78, 5) is 30.0. The lowest BCUT2D eigenvalue weighted by Gasteiger charge is -2.09. The zero-order valence-corrected chi connectivity index (χ0v) is 18.2. The van der Waals surface area contributed by atoms with Crippen LogP contribution in [0, 0.1) is 0 Å². The van der Waals surface area contributed by atoms with Gasteiger partial charge in [-0.25, -0.2) is 15.0 Å². The number of nitrogens with zero attached hydrogens (tertiary/aromatic N) is 8. The molecular formula is C23H18N8O4. The maximum atomic E-state index is 12.4. The minimum atomic E-state index is -0.341. The van der Waals surface area contributed by atoms with Crippen LogP contribution in [-0.4, -0.2) is 48.7 Å². The van der Waals surface area contributed by atoms with Gasteiger partial charge >= 0.3 is 6.01 Å². The van der Waals surface area contributed by atoms with Gasteiger partial charge in [0.05, 0.1) is 29.9 Å². The average Bonchev–Trinajstić information content (AvgIpc) is 3.48. The zero-order valence-electron chi connectivity index (χ0n) is 18.2. The molecule has 0 aliphatic rings. The molecule has 0 spiro atoms. The maximum Gasteiger partial charge on any atom is 0.320 e. The molecule has 0 atom stereocenters. The molecule has 0 bridgehead atoms. The predicted octanol–water partition coefficient (Wildman–Crippen LogP) is 1.71. The van der Waals surface area contributed by atoms with Gasteiger partial charge in [0, 0.05) is 24.4 Å². The fourth-order valence-corrected chi connectivity index (χ4v) is 3.83. The molecule has 0 aliphatic carbocycles. The Morgan fingerprint density at radius 3 is 2.77 bits per heavy atom. The predicted molar refractivity (Wildman–Crippen MR) is 123 cm³/mol. The van der Waals surface area contributed by atoms with Crippen molar-refractivity contribution in [1.29, 1.82) is 0 Å². The molecule has 12 heteroatoms. The third-order valence-electron chi connectivity index (χ3n) is 5.51. The lowest BCUT2D eigenvalue weighted by atomic mass is 10.2. The first kappa shape index (κ1) is 20.6. The van der Waals surface area contributed by atoms with Crippen molar-refractivity contribution >= 4 is 22.2 Å². The van der Waals surface area contributed by atoms with Crippen molar-refractivity contribution in [2.24, 2.45) is 0 Å². The van der Waals surface area contributed by atoms with Crippen molar-refractivity contribution in [3.8, 4) is 17.6 Å². The van der Waals surface area contributed by atoms with Crippen molar-refractivity contribution in [2.45, 2.75) is 19.6 Å². The smallest absolute Gasteiger partial charge is 0.320 e. The molecule has 12 nitrogen and oxygen atoms in total. The Bertz CT molecular complexity index is 1770. The van der Waals surface area contributed by atoms with Crippen molar-refractivity contribution in [1.82, 2.24) is 38.5 Å². The van der Waals surface area contributed by atoms with Crippen LogP contribution in [-0.2, 0) is 19.6 Å². The van der Waals surface area contributed by atoms with Gasteiger partial charge in [0.2, 0.25) is 5.88 Å². The lowest BCUT2D eigenvalue weighted by Crippen LogP contribution is -2.16. The highest BCUT2D eigenvalue weighted by Crippen LogP contribution is 2.23. The molecule has 0 fully saturated rings.